The van der Waals surface area contributed by atoms with Crippen molar-refractivity contribution in [3.8, 4) is 45.2 Å². The number of hydrogen-bond donors (Lipinski definition) is 7. The molecule has 7 N–H and O–H groups in total. The molecular weight excluding hydrogens is 1750 g/mol. The van der Waals surface area contributed by atoms with E-state index >= 15 is 0 Å². The van der Waals surface area contributed by atoms with Crippen LogP contribution in [0.1, 0.15) is 80.5 Å². The first-order chi connectivity index (χ1) is 65.5. The van der Waals surface area contributed by atoms with Gasteiger partial charge >= 0.3 is 6.18 Å². The van der Waals surface area contributed by atoms with Gasteiger partial charge in [-0.15, -0.1) is 11.3 Å². The Morgan fingerprint density at radius 3 is 1.41 bits per heavy atom. The van der Waals surface area contributed by atoms with E-state index in [2.05, 4.69) is 129 Å². The number of methoxy groups -OCH3 is 3. The highest BCUT2D eigenvalue weighted by Crippen LogP contribution is 2.42. The van der Waals surface area contributed by atoms with Gasteiger partial charge in [0.2, 0.25) is 35.4 Å². The lowest BCUT2D eigenvalue weighted by Gasteiger charge is -2.32. The van der Waals surface area contributed by atoms with Crippen molar-refractivity contribution >= 4 is 108 Å². The maximum atomic E-state index is 13.9. The highest BCUT2D eigenvalue weighted by molar-refractivity contribution is 7.09. The van der Waals surface area contributed by atoms with Crippen LogP contribution in [0.2, 0.25) is 0 Å². The molecule has 4 saturated heterocycles. The summed E-state index contributed by atoms with van der Waals surface area (Å²) in [6.07, 6.45) is 20.5. The van der Waals surface area contributed by atoms with E-state index in [-0.39, 0.29) is 79.7 Å². The normalized spacial score (nSPS) is 19.5. The quantitative estimate of drug-likeness (QED) is 0.0235. The molecule has 7 aliphatic rings. The number of hydrogen-bond acceptors (Lipinski definition) is 22. The van der Waals surface area contributed by atoms with Gasteiger partial charge < -0.3 is 50.2 Å². The minimum absolute atomic E-state index is 0.0348. The summed E-state index contributed by atoms with van der Waals surface area (Å²) in [6, 6.07) is 38.9. The van der Waals surface area contributed by atoms with E-state index in [1.54, 1.807) is 87.7 Å². The van der Waals surface area contributed by atoms with Crippen molar-refractivity contribution in [3.05, 3.63) is 233 Å². The Hall–Kier alpha value is -13.4. The zero-order valence-corrected chi connectivity index (χ0v) is 76.4. The van der Waals surface area contributed by atoms with Crippen LogP contribution in [0.25, 0.3) is 83.4 Å². The number of thiazole rings is 1. The fourth-order valence-corrected chi connectivity index (χ4v) is 19.9. The molecule has 0 spiro atoms. The molecule has 12 aromatic rings. The van der Waals surface area contributed by atoms with Gasteiger partial charge in [0.15, 0.2) is 5.82 Å². The second kappa shape index (κ2) is 41.6. The lowest BCUT2D eigenvalue weighted by molar-refractivity contribution is -0.141. The Kier molecular flexibility index (Phi) is 28.8. The first kappa shape index (κ1) is 93.4. The summed E-state index contributed by atoms with van der Waals surface area (Å²) in [4.78, 5) is 114. The smallest absolute Gasteiger partial charge is 0.384 e. The van der Waals surface area contributed by atoms with Crippen molar-refractivity contribution in [2.24, 2.45) is 16.2 Å². The number of allylic oxidation sites excluding steroid dienone is 4. The fraction of sp³-hybridized carbons (Fsp3) is 0.360. The van der Waals surface area contributed by atoms with Crippen LogP contribution in [0.3, 0.4) is 0 Å². The number of halogens is 4. The molecular formula is C100H107F4N21O9S. The highest BCUT2D eigenvalue weighted by Gasteiger charge is 2.49. The number of likely N-dealkylation sites (tertiary alicyclic amines) is 4. The molecule has 1 aliphatic carbocycles. The molecule has 7 aromatic heterocycles. The number of nitrogens with one attached hydrogen (secondary N) is 7. The van der Waals surface area contributed by atoms with Crippen LogP contribution in [0, 0.1) is 22.1 Å². The molecule has 5 aromatic carbocycles. The number of aromatic nitrogens is 11. The Balaban J connectivity index is 0.000000141. The number of benzene rings is 5. The molecule has 1 unspecified atom stereocenters. The third kappa shape index (κ3) is 21.5. The minimum Gasteiger partial charge on any atom is -0.384 e. The average Bonchev–Trinajstić information content (AvgIpc) is 1.65. The minimum atomic E-state index is -4.59. The number of H-pyrrole nitrogens is 3. The third-order valence-electron chi connectivity index (χ3n) is 26.4. The Morgan fingerprint density at radius 1 is 0.489 bits per heavy atom. The van der Waals surface area contributed by atoms with E-state index in [4.69, 9.17) is 14.2 Å². The number of nitrogens with zero attached hydrogens (tertiary/aromatic N) is 14. The predicted octanol–water partition coefficient (Wildman–Crippen LogP) is 14.6. The molecule has 0 saturated carbocycles. The number of ether oxygens (including phenoxy) is 3. The van der Waals surface area contributed by atoms with Gasteiger partial charge in [-0.25, -0.2) is 24.3 Å². The molecule has 30 nitrogen and oxygen atoms in total. The molecule has 19 rings (SSSR count). The molecule has 0 bridgehead atoms. The largest absolute Gasteiger partial charge is 0.433 e. The summed E-state index contributed by atoms with van der Waals surface area (Å²) in [5.41, 5.74) is 10.3. The number of fused-ring (bicyclic) bond motifs is 3. The molecule has 135 heavy (non-hydrogen) atoms. The highest BCUT2D eigenvalue weighted by atomic mass is 32.1. The zero-order valence-electron chi connectivity index (χ0n) is 75.6. The number of amides is 6. The number of piperidine rings is 1. The number of anilines is 4. The van der Waals surface area contributed by atoms with Gasteiger partial charge in [0.05, 0.1) is 83.0 Å². The predicted molar refractivity (Wildman–Crippen MR) is 510 cm³/mol. The van der Waals surface area contributed by atoms with E-state index < -0.39 is 28.1 Å². The van der Waals surface area contributed by atoms with Crippen LogP contribution >= 0.6 is 11.3 Å². The van der Waals surface area contributed by atoms with Gasteiger partial charge in [0.25, 0.3) is 0 Å². The summed E-state index contributed by atoms with van der Waals surface area (Å²) in [7, 11) is 4.76. The molecule has 6 amide bonds. The van der Waals surface area contributed by atoms with E-state index in [0.29, 0.717) is 142 Å². The van der Waals surface area contributed by atoms with Gasteiger partial charge in [0.1, 0.15) is 28.7 Å². The molecule has 4 fully saturated rings. The first-order valence-corrected chi connectivity index (χ1v) is 46.3. The number of aromatic amines is 3. The number of alkyl halides is 3. The standard InChI is InChI=1S/C38H41N9O3.C32H33F3N6O3.C30H33FN6O3S/c1-3-39-33-21-29(11-17-40-33)35-31-22-30(9-10-32(31)44-45-35)43-37(49)38(25-50-2)14-20-46(24-38)23-34(48)47-18-12-27(13-19-47)26-5-7-28(8-6-26)36-41-15-4-16-42-36;1-44-20-31(11-15-40(19-31)18-28(42)41-13-9-22(10-14-41)21-4-2-3-5-21)30(43)37-24-6-7-26-25(17-24)29(39-38-26)23-8-12-36-27(16-23)32(33,34)35;1-40-19-30(10-14-36(18-30)17-26(38)37-12-8-21(9-13-37)28-32-11-15-41-28)29(39)33-23-6-7-25-24(16-23)27(35-34-25)20-2-4-22(31)5-3-20/h4-12,15-17,21-22H,3,13-14,18-20,23-25H2,1-2H3,(H,39,40)(H,43,49)(H,44,45);2,4-9,12,16-17H,3,10-11,13-15,18-20H2,1H3,(H,37,43)(H,38,39);2-7,11,15-16,21H,8-10,12-14,17-19H2,1H3,(H,33,39)(H,34,35)/t38-;31-;/m11./s1. The average molecular weight is 1860 g/mol. The van der Waals surface area contributed by atoms with Crippen LogP contribution in [0.15, 0.2) is 211 Å². The second-order valence-electron chi connectivity index (χ2n) is 35.4. The summed E-state index contributed by atoms with van der Waals surface area (Å²) < 4.78 is 69.8. The van der Waals surface area contributed by atoms with Crippen LogP contribution < -0.4 is 21.3 Å². The third-order valence-corrected chi connectivity index (χ3v) is 27.3. The fourth-order valence-electron chi connectivity index (χ4n) is 19.1. The van der Waals surface area contributed by atoms with Crippen molar-refractivity contribution in [1.82, 2.24) is 84.9 Å². The van der Waals surface area contributed by atoms with Crippen LogP contribution in [0.4, 0.5) is 40.4 Å². The van der Waals surface area contributed by atoms with Crippen LogP contribution in [-0.2, 0) is 49.2 Å². The van der Waals surface area contributed by atoms with E-state index in [1.165, 1.54) is 34.9 Å². The topological polar surface area (TPSA) is 348 Å². The summed E-state index contributed by atoms with van der Waals surface area (Å²) in [6.45, 7) is 11.3. The second-order valence-corrected chi connectivity index (χ2v) is 36.3. The van der Waals surface area contributed by atoms with Gasteiger partial charge in [-0.3, -0.25) is 63.7 Å². The maximum absolute atomic E-state index is 13.9. The Labute approximate surface area is 781 Å². The van der Waals surface area contributed by atoms with E-state index in [0.717, 1.165) is 125 Å². The van der Waals surface area contributed by atoms with Crippen molar-refractivity contribution in [3.63, 3.8) is 0 Å². The van der Waals surface area contributed by atoms with Crippen LogP contribution in [-0.4, -0.2) is 266 Å². The maximum Gasteiger partial charge on any atom is 0.433 e. The van der Waals surface area contributed by atoms with Crippen molar-refractivity contribution in [2.75, 3.05) is 167 Å². The number of carbonyl (C=O) groups excluding carboxylic acids is 6. The first-order valence-electron chi connectivity index (χ1n) is 45.4. The zero-order chi connectivity index (χ0) is 93.8. The molecule has 6 aliphatic heterocycles. The summed E-state index contributed by atoms with van der Waals surface area (Å²) in [5, 5.41) is 40.0. The van der Waals surface area contributed by atoms with Gasteiger partial charge in [-0.05, 0) is 209 Å². The lowest BCUT2D eigenvalue weighted by Crippen LogP contribution is -2.46. The lowest BCUT2D eigenvalue weighted by atomic mass is 9.86. The molecule has 0 radical (unpaired) electrons. The van der Waals surface area contributed by atoms with Gasteiger partial charge in [-0.1, -0.05) is 54.6 Å². The van der Waals surface area contributed by atoms with Crippen LogP contribution in [0.5, 0.6) is 0 Å². The molecule has 35 heteroatoms. The monoisotopic (exact) mass is 1850 g/mol. The van der Waals surface area contributed by atoms with Gasteiger partial charge in [0, 0.05) is 185 Å². The number of rotatable bonds is 27. The molecule has 700 valence electrons. The Bertz CT molecular complexity index is 6420. The van der Waals surface area contributed by atoms with Crippen molar-refractivity contribution in [1.29, 1.82) is 0 Å². The van der Waals surface area contributed by atoms with Crippen molar-refractivity contribution < 1.29 is 60.5 Å². The summed E-state index contributed by atoms with van der Waals surface area (Å²) in [5.74, 6) is 1.30. The number of carbonyl (C=O) groups is 6. The number of pyridine rings is 2. The summed E-state index contributed by atoms with van der Waals surface area (Å²) >= 11 is 1.68. The van der Waals surface area contributed by atoms with E-state index in [1.807, 2.05) is 98.8 Å². The molecule has 3 atom stereocenters. The van der Waals surface area contributed by atoms with E-state index in [9.17, 15) is 46.3 Å². The SMILES string of the molecule is CCNc1cc(-c2n[nH]c3ccc(NC(=O)[C@]4(COC)CCN(CC(=O)N5CC=C(c6ccc(-c7ncccn7)cc6)CC5)C4)cc23)ccn1.COCC1(C(=O)Nc2ccc3[nH]nc(-c4ccc(F)cc4)c3c2)CCN(CC(=O)N2CCC(c3nccs3)CC2)C1.COC[C@@]1(C(=O)Nc2ccc3[nH]nc(-c4ccnc(C(F)(F)F)c4)c3c2)CCN(CC(=O)N2CC=C(C3=CCC=C3)CC2)C1. The van der Waals surface area contributed by atoms with Gasteiger partial charge in [-0.2, -0.15) is 28.5 Å². The van der Waals surface area contributed by atoms with Crippen molar-refractivity contribution in [2.45, 2.75) is 70.4 Å². The Morgan fingerprint density at radius 2 is 0.956 bits per heavy atom. The molecule has 13 heterocycles.